The second-order valence-corrected chi connectivity index (χ2v) is 11.0. The Labute approximate surface area is 229 Å². The Balaban J connectivity index is 1.84. The molecule has 0 aliphatic carbocycles. The lowest BCUT2D eigenvalue weighted by molar-refractivity contribution is -0.132. The number of benzene rings is 3. The van der Waals surface area contributed by atoms with Crippen LogP contribution >= 0.6 is 0 Å². The van der Waals surface area contributed by atoms with Gasteiger partial charge in [0.2, 0.25) is 5.91 Å². The molecule has 0 saturated carbocycles. The molecule has 202 valence electrons. The van der Waals surface area contributed by atoms with Crippen LogP contribution in [-0.4, -0.2) is 28.8 Å². The molecule has 1 heterocycles. The van der Waals surface area contributed by atoms with Crippen LogP contribution in [0.2, 0.25) is 0 Å². The van der Waals surface area contributed by atoms with E-state index in [1.807, 2.05) is 38.1 Å². The average Bonchev–Trinajstić information content (AvgIpc) is 3.13. The highest BCUT2D eigenvalue weighted by Crippen LogP contribution is 2.43. The molecule has 7 nitrogen and oxygen atoms in total. The van der Waals surface area contributed by atoms with E-state index in [0.29, 0.717) is 28.3 Å². The standard InChI is InChI=1S/C32H34N2O5/c1-19(2)39-26-17-9-22(10-18-26)29(36)27-28(21-7-11-23(12-8-21)32(4,5)6)34(31(38)30(27)37)25-15-13-24(14-16-25)33-20(3)35/h7-19,28,36H,1-6H3,(H,33,35)/b29-27-. The summed E-state index contributed by atoms with van der Waals surface area (Å²) in [5, 5.41) is 14.1. The van der Waals surface area contributed by atoms with Crippen molar-refractivity contribution in [1.82, 2.24) is 0 Å². The number of ether oxygens (including phenoxy) is 1. The van der Waals surface area contributed by atoms with Gasteiger partial charge in [0.05, 0.1) is 17.7 Å². The summed E-state index contributed by atoms with van der Waals surface area (Å²) in [6, 6.07) is 20.4. The summed E-state index contributed by atoms with van der Waals surface area (Å²) in [5.41, 5.74) is 3.15. The molecular weight excluding hydrogens is 492 g/mol. The number of Topliss-reactive ketones (excluding diaryl/α,β-unsaturated/α-hetero) is 1. The fraction of sp³-hybridized carbons (Fsp3) is 0.281. The number of carbonyl (C=O) groups is 3. The number of rotatable bonds is 6. The predicted octanol–water partition coefficient (Wildman–Crippen LogP) is 6.36. The van der Waals surface area contributed by atoms with Crippen LogP contribution < -0.4 is 15.0 Å². The molecule has 1 aliphatic heterocycles. The minimum absolute atomic E-state index is 0.00646. The summed E-state index contributed by atoms with van der Waals surface area (Å²) >= 11 is 0. The smallest absolute Gasteiger partial charge is 0.300 e. The van der Waals surface area contributed by atoms with E-state index in [-0.39, 0.29) is 28.8 Å². The highest BCUT2D eigenvalue weighted by molar-refractivity contribution is 6.51. The van der Waals surface area contributed by atoms with E-state index >= 15 is 0 Å². The number of ketones is 1. The maximum absolute atomic E-state index is 13.4. The van der Waals surface area contributed by atoms with Crippen LogP contribution in [0.1, 0.15) is 64.3 Å². The Morgan fingerprint density at radius 1 is 0.923 bits per heavy atom. The first-order valence-corrected chi connectivity index (χ1v) is 12.9. The Kier molecular flexibility index (Phi) is 7.63. The molecule has 1 unspecified atom stereocenters. The number of aliphatic hydroxyl groups excluding tert-OH is 1. The minimum Gasteiger partial charge on any atom is -0.507 e. The number of anilines is 2. The number of carbonyl (C=O) groups excluding carboxylic acids is 3. The second kappa shape index (κ2) is 10.8. The molecule has 0 radical (unpaired) electrons. The lowest BCUT2D eigenvalue weighted by Crippen LogP contribution is -2.29. The van der Waals surface area contributed by atoms with Gasteiger partial charge in [-0.25, -0.2) is 0 Å². The van der Waals surface area contributed by atoms with Gasteiger partial charge < -0.3 is 15.2 Å². The third-order valence-electron chi connectivity index (χ3n) is 6.50. The van der Waals surface area contributed by atoms with E-state index in [1.165, 1.54) is 11.8 Å². The van der Waals surface area contributed by atoms with Gasteiger partial charge in [0.1, 0.15) is 11.5 Å². The lowest BCUT2D eigenvalue weighted by atomic mass is 9.85. The van der Waals surface area contributed by atoms with Crippen molar-refractivity contribution < 1.29 is 24.2 Å². The molecule has 3 aromatic rings. The largest absolute Gasteiger partial charge is 0.507 e. The van der Waals surface area contributed by atoms with Crippen LogP contribution in [-0.2, 0) is 19.8 Å². The van der Waals surface area contributed by atoms with Gasteiger partial charge >= 0.3 is 0 Å². The van der Waals surface area contributed by atoms with Crippen LogP contribution in [0.25, 0.3) is 5.76 Å². The van der Waals surface area contributed by atoms with Gasteiger partial charge in [0.15, 0.2) is 0 Å². The quantitative estimate of drug-likeness (QED) is 0.221. The first-order chi connectivity index (χ1) is 18.4. The monoisotopic (exact) mass is 526 g/mol. The van der Waals surface area contributed by atoms with Crippen molar-refractivity contribution >= 4 is 34.7 Å². The zero-order valence-electron chi connectivity index (χ0n) is 23.1. The molecule has 2 amide bonds. The molecule has 4 rings (SSSR count). The van der Waals surface area contributed by atoms with Crippen LogP contribution in [0.4, 0.5) is 11.4 Å². The van der Waals surface area contributed by atoms with E-state index in [1.54, 1.807) is 48.5 Å². The Bertz CT molecular complexity index is 1410. The van der Waals surface area contributed by atoms with Gasteiger partial charge in [-0.15, -0.1) is 0 Å². The molecule has 2 N–H and O–H groups in total. The summed E-state index contributed by atoms with van der Waals surface area (Å²) in [7, 11) is 0. The fourth-order valence-electron chi connectivity index (χ4n) is 4.61. The second-order valence-electron chi connectivity index (χ2n) is 11.0. The number of nitrogens with one attached hydrogen (secondary N) is 1. The normalized spacial score (nSPS) is 17.0. The van der Waals surface area contributed by atoms with Crippen LogP contribution in [0.5, 0.6) is 5.75 Å². The van der Waals surface area contributed by atoms with E-state index in [2.05, 4.69) is 26.1 Å². The van der Waals surface area contributed by atoms with Gasteiger partial charge in [-0.3, -0.25) is 19.3 Å². The van der Waals surface area contributed by atoms with Gasteiger partial charge in [-0.05, 0) is 78.9 Å². The zero-order chi connectivity index (χ0) is 28.5. The van der Waals surface area contributed by atoms with Crippen molar-refractivity contribution in [2.45, 2.75) is 59.1 Å². The third-order valence-corrected chi connectivity index (χ3v) is 6.50. The average molecular weight is 527 g/mol. The molecule has 3 aromatic carbocycles. The van der Waals surface area contributed by atoms with Crippen LogP contribution in [0.3, 0.4) is 0 Å². The van der Waals surface area contributed by atoms with Gasteiger partial charge in [-0.2, -0.15) is 0 Å². The van der Waals surface area contributed by atoms with Crippen molar-refractivity contribution in [2.24, 2.45) is 0 Å². The summed E-state index contributed by atoms with van der Waals surface area (Å²) in [5.74, 6) is -1.35. The van der Waals surface area contributed by atoms with Crippen molar-refractivity contribution in [3.05, 3.63) is 95.1 Å². The summed E-state index contributed by atoms with van der Waals surface area (Å²) in [4.78, 5) is 39.7. The maximum Gasteiger partial charge on any atom is 0.300 e. The molecule has 39 heavy (non-hydrogen) atoms. The molecule has 7 heteroatoms. The SMILES string of the molecule is CC(=O)Nc1ccc(N2C(=O)C(=O)/C(=C(\O)c3ccc(OC(C)C)cc3)C2c2ccc(C(C)(C)C)cc2)cc1. The molecule has 0 aromatic heterocycles. The number of hydrogen-bond donors (Lipinski definition) is 2. The highest BCUT2D eigenvalue weighted by Gasteiger charge is 2.47. The first-order valence-electron chi connectivity index (χ1n) is 12.9. The lowest BCUT2D eigenvalue weighted by Gasteiger charge is -2.27. The van der Waals surface area contributed by atoms with Gasteiger partial charge in [-0.1, -0.05) is 45.0 Å². The van der Waals surface area contributed by atoms with E-state index in [4.69, 9.17) is 4.74 Å². The Morgan fingerprint density at radius 3 is 2.03 bits per heavy atom. The summed E-state index contributed by atoms with van der Waals surface area (Å²) in [6.07, 6.45) is -0.0112. The Hall–Kier alpha value is -4.39. The van der Waals surface area contributed by atoms with Gasteiger partial charge in [0.25, 0.3) is 11.7 Å². The van der Waals surface area contributed by atoms with Gasteiger partial charge in [0, 0.05) is 23.9 Å². The van der Waals surface area contributed by atoms with E-state index < -0.39 is 17.7 Å². The summed E-state index contributed by atoms with van der Waals surface area (Å²) in [6.45, 7) is 11.6. The van der Waals surface area contributed by atoms with Crippen LogP contribution in [0, 0.1) is 0 Å². The van der Waals surface area contributed by atoms with Crippen molar-refractivity contribution in [3.63, 3.8) is 0 Å². The molecular formula is C32H34N2O5. The Morgan fingerprint density at radius 2 is 1.51 bits per heavy atom. The molecule has 0 bridgehead atoms. The molecule has 0 spiro atoms. The minimum atomic E-state index is -0.850. The van der Waals surface area contributed by atoms with Crippen LogP contribution in [0.15, 0.2) is 78.4 Å². The van der Waals surface area contributed by atoms with E-state index in [9.17, 15) is 19.5 Å². The zero-order valence-corrected chi connectivity index (χ0v) is 23.1. The number of hydrogen-bond acceptors (Lipinski definition) is 5. The molecule has 1 fully saturated rings. The first kappa shape index (κ1) is 27.6. The molecule has 1 aliphatic rings. The predicted molar refractivity (Wildman–Crippen MR) is 153 cm³/mol. The van der Waals surface area contributed by atoms with Crippen molar-refractivity contribution in [3.8, 4) is 5.75 Å². The van der Waals surface area contributed by atoms with E-state index in [0.717, 1.165) is 5.56 Å². The molecule has 1 saturated heterocycles. The highest BCUT2D eigenvalue weighted by atomic mass is 16.5. The number of amides is 2. The number of aliphatic hydroxyl groups is 1. The topological polar surface area (TPSA) is 95.9 Å². The van der Waals surface area contributed by atoms with Crippen molar-refractivity contribution in [1.29, 1.82) is 0 Å². The number of nitrogens with zero attached hydrogens (tertiary/aromatic N) is 1. The van der Waals surface area contributed by atoms with Crippen molar-refractivity contribution in [2.75, 3.05) is 10.2 Å². The summed E-state index contributed by atoms with van der Waals surface area (Å²) < 4.78 is 5.70. The molecule has 1 atom stereocenters. The third kappa shape index (κ3) is 5.87. The fourth-order valence-corrected chi connectivity index (χ4v) is 4.61. The maximum atomic E-state index is 13.4.